The van der Waals surface area contributed by atoms with Crippen LogP contribution in [0.1, 0.15) is 247 Å². The van der Waals surface area contributed by atoms with Crippen molar-refractivity contribution in [1.82, 2.24) is 0 Å². The lowest BCUT2D eigenvalue weighted by atomic mass is 9.68. The van der Waals surface area contributed by atoms with E-state index in [0.29, 0.717) is 39.7 Å². The molecule has 0 aromatic heterocycles. The molecule has 0 N–H and O–H groups in total. The Hall–Kier alpha value is -5.92. The molecule has 14 heteroatoms. The van der Waals surface area contributed by atoms with Crippen LogP contribution in [-0.2, 0) is 0 Å². The number of hydrogen-bond acceptors (Lipinski definition) is 2. The summed E-state index contributed by atoms with van der Waals surface area (Å²) in [6, 6.07) is 17.5. The van der Waals surface area contributed by atoms with E-state index in [2.05, 4.69) is 27.7 Å². The van der Waals surface area contributed by atoms with Crippen molar-refractivity contribution >= 4 is 0 Å². The molecular formula is C80H108F12O2. The van der Waals surface area contributed by atoms with E-state index in [0.717, 1.165) is 125 Å². The molecule has 0 aliphatic heterocycles. The van der Waals surface area contributed by atoms with Crippen molar-refractivity contribution in [1.29, 1.82) is 0 Å². The predicted molar refractivity (Wildman–Crippen MR) is 364 cm³/mol. The number of halogens is 12. The van der Waals surface area contributed by atoms with Gasteiger partial charge < -0.3 is 9.47 Å². The molecule has 0 spiro atoms. The topological polar surface area (TPSA) is 18.5 Å². The minimum absolute atomic E-state index is 0. The Morgan fingerprint density at radius 1 is 0.245 bits per heavy atom. The summed E-state index contributed by atoms with van der Waals surface area (Å²) in [5, 5.41) is 0. The van der Waals surface area contributed by atoms with Gasteiger partial charge in [-0.15, -0.1) is 0 Å². The zero-order valence-electron chi connectivity index (χ0n) is 56.2. The summed E-state index contributed by atoms with van der Waals surface area (Å²) in [5.74, 6) is -5.18. The van der Waals surface area contributed by atoms with Gasteiger partial charge in [0.25, 0.3) is 0 Å². The number of benzene rings is 6. The molecule has 2 nitrogen and oxygen atoms in total. The van der Waals surface area contributed by atoms with Gasteiger partial charge in [-0.3, -0.25) is 0 Å². The molecule has 0 bridgehead atoms. The van der Waals surface area contributed by atoms with Gasteiger partial charge in [0.2, 0.25) is 11.6 Å². The molecule has 6 aromatic rings. The Balaban J connectivity index is 0.000000340. The van der Waals surface area contributed by atoms with Gasteiger partial charge >= 0.3 is 0 Å². The summed E-state index contributed by atoms with van der Waals surface area (Å²) in [5.41, 5.74) is 1.26. The maximum Gasteiger partial charge on any atom is 0.201 e. The maximum absolute atomic E-state index is 14.6. The molecule has 0 saturated heterocycles. The Morgan fingerprint density at radius 3 is 0.798 bits per heavy atom. The Labute approximate surface area is 559 Å². The van der Waals surface area contributed by atoms with E-state index < -0.39 is 69.8 Å². The van der Waals surface area contributed by atoms with Gasteiger partial charge in [-0.25, -0.2) is 43.9 Å². The summed E-state index contributed by atoms with van der Waals surface area (Å²) >= 11 is 0. The van der Waals surface area contributed by atoms with Crippen LogP contribution in [-0.4, -0.2) is 14.2 Å². The van der Waals surface area contributed by atoms with E-state index >= 15 is 0 Å². The number of hydrogen-bond donors (Lipinski definition) is 0. The van der Waals surface area contributed by atoms with Gasteiger partial charge in [0.05, 0.1) is 14.2 Å². The molecule has 12 rings (SSSR count). The van der Waals surface area contributed by atoms with Crippen molar-refractivity contribution in [2.75, 3.05) is 14.2 Å². The molecule has 6 aliphatic rings. The van der Waals surface area contributed by atoms with Crippen LogP contribution in [0.25, 0.3) is 22.3 Å². The fourth-order valence-electron chi connectivity index (χ4n) is 16.4. The van der Waals surface area contributed by atoms with Crippen molar-refractivity contribution in [3.05, 3.63) is 176 Å². The lowest BCUT2D eigenvalue weighted by Gasteiger charge is -2.37. The molecule has 0 atom stereocenters. The number of rotatable bonds is 10. The fourth-order valence-corrected chi connectivity index (χ4v) is 16.4. The lowest BCUT2D eigenvalue weighted by molar-refractivity contribution is 0.164. The second kappa shape index (κ2) is 32.9. The van der Waals surface area contributed by atoms with E-state index in [1.165, 1.54) is 134 Å². The second-order valence-corrected chi connectivity index (χ2v) is 28.9. The third-order valence-electron chi connectivity index (χ3n) is 22.7. The first-order valence-electron chi connectivity index (χ1n) is 34.9. The first kappa shape index (κ1) is 72.4. The summed E-state index contributed by atoms with van der Waals surface area (Å²) in [7, 11) is 2.57. The van der Waals surface area contributed by atoms with E-state index in [9.17, 15) is 52.7 Å². The molecule has 6 aliphatic carbocycles. The summed E-state index contributed by atoms with van der Waals surface area (Å²) in [6.45, 7) is 12.1. The molecule has 524 valence electrons. The first-order chi connectivity index (χ1) is 45.0. The van der Waals surface area contributed by atoms with Crippen molar-refractivity contribution in [3.63, 3.8) is 0 Å². The normalized spacial score (nSPS) is 26.3. The van der Waals surface area contributed by atoms with Crippen LogP contribution in [0.4, 0.5) is 52.7 Å². The molecule has 0 radical (unpaired) electrons. The Bertz CT molecular complexity index is 3510. The molecule has 0 amide bonds. The Morgan fingerprint density at radius 2 is 0.447 bits per heavy atom. The number of ether oxygens (including phenoxy) is 2. The average Bonchev–Trinajstić information content (AvgIpc) is 0.791. The quantitative estimate of drug-likeness (QED) is 0.127. The summed E-state index contributed by atoms with van der Waals surface area (Å²) < 4.78 is 180. The van der Waals surface area contributed by atoms with Gasteiger partial charge in [0.15, 0.2) is 69.7 Å². The van der Waals surface area contributed by atoms with Crippen molar-refractivity contribution < 1.29 is 70.7 Å². The molecule has 6 fully saturated rings. The molecule has 6 saturated carbocycles. The minimum atomic E-state index is -1.25. The highest BCUT2D eigenvalue weighted by Crippen LogP contribution is 2.48. The van der Waals surface area contributed by atoms with Crippen LogP contribution in [0.3, 0.4) is 0 Å². The van der Waals surface area contributed by atoms with Crippen molar-refractivity contribution in [2.24, 2.45) is 47.3 Å². The van der Waals surface area contributed by atoms with Gasteiger partial charge in [0, 0.05) is 30.8 Å². The molecule has 0 heterocycles. The SMILES string of the molecule is COc1ccc(-c2ccc(C3CCC(C)CC3)c(F)c2F)c(F)c1F.COc1ccc(C2CCC(C3CCC(C)CC3)CC2)c(F)c1F.Cc1ccc(-c2ccc(C3CCC(C)CC3)c(F)c2F)c(F)c1F.Cc1ccc(C2CCC(C3CCC(C)CC3)CC2)c(F)c1F.[HH].[HH].[HH].[HH].[HH].[HH]. The maximum atomic E-state index is 14.6. The molecular weight excluding hydrogens is 1220 g/mol. The largest absolute Gasteiger partial charge is 0.494 e. The van der Waals surface area contributed by atoms with Gasteiger partial charge in [-0.05, 0) is 239 Å². The smallest absolute Gasteiger partial charge is 0.201 e. The lowest BCUT2D eigenvalue weighted by Crippen LogP contribution is -2.25. The standard InChI is InChI=1S/C20H20F4O.C20H20F4.C20H28F2O.C20H28F2.6H2/c1-11-3-5-12(6-4-11)13-7-8-14(18(22)17(13)21)15-9-10-16(25-2)20(24)19(15)23;1-11-3-6-13(7-4-11)14-9-10-16(20(24)18(14)22)15-8-5-12(2)17(21)19(15)23;1-13-3-5-14(6-4-13)15-7-9-16(10-8-15)17-11-12-18(23-2)20(22)19(17)21;1-13-3-6-15(7-4-13)16-8-10-17(11-9-16)18-12-5-14(2)19(21)20(18)22;;;;;;/h7-12H,3-6H2,1-2H3;5,8-11,13H,3-4,6-7H2,1-2H3;11-16H,3-10H2,1-2H3;5,12-13,15-17H,3-4,6-11H2,1-2H3;6*1H. The van der Waals surface area contributed by atoms with Crippen LogP contribution in [0, 0.1) is 131 Å². The number of methoxy groups -OCH3 is 2. The fraction of sp³-hybridized carbons (Fsp3) is 0.550. The average molecular weight is 1330 g/mol. The van der Waals surface area contributed by atoms with Gasteiger partial charge in [-0.1, -0.05) is 134 Å². The van der Waals surface area contributed by atoms with E-state index in [4.69, 9.17) is 9.47 Å². The zero-order valence-corrected chi connectivity index (χ0v) is 56.2. The molecule has 6 aromatic carbocycles. The zero-order chi connectivity index (χ0) is 67.7. The van der Waals surface area contributed by atoms with Gasteiger partial charge in [0.1, 0.15) is 0 Å². The summed E-state index contributed by atoms with van der Waals surface area (Å²) in [6.07, 6.45) is 26.9. The van der Waals surface area contributed by atoms with Crippen molar-refractivity contribution in [3.8, 4) is 33.8 Å². The van der Waals surface area contributed by atoms with Crippen LogP contribution >= 0.6 is 0 Å². The summed E-state index contributed by atoms with van der Waals surface area (Å²) in [4.78, 5) is 0. The van der Waals surface area contributed by atoms with Crippen LogP contribution in [0.5, 0.6) is 11.5 Å². The van der Waals surface area contributed by atoms with E-state index in [1.807, 2.05) is 0 Å². The van der Waals surface area contributed by atoms with Crippen LogP contribution < -0.4 is 9.47 Å². The van der Waals surface area contributed by atoms with E-state index in [-0.39, 0.29) is 71.5 Å². The highest BCUT2D eigenvalue weighted by molar-refractivity contribution is 5.68. The number of aryl methyl sites for hydroxylation is 2. The highest BCUT2D eigenvalue weighted by atomic mass is 19.2. The first-order valence-corrected chi connectivity index (χ1v) is 34.9. The third kappa shape index (κ3) is 16.9. The highest BCUT2D eigenvalue weighted by Gasteiger charge is 2.35. The predicted octanol–water partition coefficient (Wildman–Crippen LogP) is 26.6. The van der Waals surface area contributed by atoms with Crippen molar-refractivity contribution in [2.45, 2.75) is 219 Å². The minimum Gasteiger partial charge on any atom is -0.494 e. The van der Waals surface area contributed by atoms with Crippen LogP contribution in [0.2, 0.25) is 0 Å². The second-order valence-electron chi connectivity index (χ2n) is 28.9. The van der Waals surface area contributed by atoms with Gasteiger partial charge in [-0.2, -0.15) is 8.78 Å². The third-order valence-corrected chi connectivity index (χ3v) is 22.7. The molecule has 0 unspecified atom stereocenters. The molecule has 94 heavy (non-hydrogen) atoms. The van der Waals surface area contributed by atoms with E-state index in [1.54, 1.807) is 31.2 Å². The van der Waals surface area contributed by atoms with Crippen LogP contribution in [0.15, 0.2) is 72.8 Å². The Kier molecular flexibility index (Phi) is 25.3. The monoisotopic (exact) mass is 1330 g/mol.